The van der Waals surface area contributed by atoms with Gasteiger partial charge >= 0.3 is 0 Å². The minimum Gasteiger partial charge on any atom is -0.348 e. The Morgan fingerprint density at radius 3 is 3.12 bits per heavy atom. The SMILES string of the molecule is CCCC1CCN(c2ncc(C(C)N)s2)C1. The zero-order valence-electron chi connectivity index (χ0n) is 10.1. The lowest BCUT2D eigenvalue weighted by Gasteiger charge is -2.14. The highest BCUT2D eigenvalue weighted by Crippen LogP contribution is 2.31. The predicted molar refractivity (Wildman–Crippen MR) is 69.9 cm³/mol. The first-order valence-electron chi connectivity index (χ1n) is 6.17. The summed E-state index contributed by atoms with van der Waals surface area (Å²) >= 11 is 1.75. The van der Waals surface area contributed by atoms with Crippen molar-refractivity contribution in [3.8, 4) is 0 Å². The third-order valence-corrected chi connectivity index (χ3v) is 4.47. The molecule has 0 bridgehead atoms. The van der Waals surface area contributed by atoms with Gasteiger partial charge in [-0.15, -0.1) is 11.3 Å². The van der Waals surface area contributed by atoms with Crippen molar-refractivity contribution in [3.05, 3.63) is 11.1 Å². The topological polar surface area (TPSA) is 42.2 Å². The number of aromatic nitrogens is 1. The maximum absolute atomic E-state index is 5.85. The van der Waals surface area contributed by atoms with Crippen molar-refractivity contribution < 1.29 is 0 Å². The first kappa shape index (κ1) is 11.9. The van der Waals surface area contributed by atoms with Gasteiger partial charge in [0, 0.05) is 30.2 Å². The molecule has 90 valence electrons. The number of anilines is 1. The van der Waals surface area contributed by atoms with Gasteiger partial charge in [0.1, 0.15) is 0 Å². The van der Waals surface area contributed by atoms with Gasteiger partial charge in [-0.05, 0) is 25.7 Å². The molecule has 2 unspecified atom stereocenters. The van der Waals surface area contributed by atoms with Crippen LogP contribution in [0.1, 0.15) is 44.0 Å². The van der Waals surface area contributed by atoms with E-state index in [0.29, 0.717) is 0 Å². The van der Waals surface area contributed by atoms with Crippen LogP contribution in [0.25, 0.3) is 0 Å². The summed E-state index contributed by atoms with van der Waals surface area (Å²) in [4.78, 5) is 8.08. The van der Waals surface area contributed by atoms with Crippen LogP contribution in [-0.4, -0.2) is 18.1 Å². The van der Waals surface area contributed by atoms with Crippen LogP contribution in [0.15, 0.2) is 6.20 Å². The van der Waals surface area contributed by atoms with Gasteiger partial charge in [0.15, 0.2) is 5.13 Å². The number of hydrogen-bond acceptors (Lipinski definition) is 4. The monoisotopic (exact) mass is 239 g/mol. The van der Waals surface area contributed by atoms with Gasteiger partial charge in [0.05, 0.1) is 0 Å². The molecular weight excluding hydrogens is 218 g/mol. The Balaban J connectivity index is 1.97. The van der Waals surface area contributed by atoms with Crippen LogP contribution in [0.3, 0.4) is 0 Å². The normalized spacial score (nSPS) is 22.7. The van der Waals surface area contributed by atoms with E-state index >= 15 is 0 Å². The van der Waals surface area contributed by atoms with Crippen molar-refractivity contribution in [1.29, 1.82) is 0 Å². The fourth-order valence-electron chi connectivity index (χ4n) is 2.28. The summed E-state index contributed by atoms with van der Waals surface area (Å²) in [5, 5.41) is 1.16. The molecule has 2 rings (SSSR count). The Hall–Kier alpha value is -0.610. The second kappa shape index (κ2) is 5.15. The molecule has 1 aromatic heterocycles. The lowest BCUT2D eigenvalue weighted by atomic mass is 10.0. The van der Waals surface area contributed by atoms with Crippen molar-refractivity contribution >= 4 is 16.5 Å². The van der Waals surface area contributed by atoms with Crippen LogP contribution in [0.2, 0.25) is 0 Å². The average Bonchev–Trinajstić information content (AvgIpc) is 2.84. The smallest absolute Gasteiger partial charge is 0.185 e. The number of thiazole rings is 1. The van der Waals surface area contributed by atoms with Crippen molar-refractivity contribution in [2.45, 2.75) is 39.2 Å². The van der Waals surface area contributed by atoms with Gasteiger partial charge in [-0.25, -0.2) is 4.98 Å². The van der Waals surface area contributed by atoms with Gasteiger partial charge in [0.25, 0.3) is 0 Å². The molecule has 2 atom stereocenters. The summed E-state index contributed by atoms with van der Waals surface area (Å²) in [5.41, 5.74) is 5.85. The quantitative estimate of drug-likeness (QED) is 0.878. The molecule has 0 radical (unpaired) electrons. The molecule has 0 spiro atoms. The summed E-state index contributed by atoms with van der Waals surface area (Å²) in [5.74, 6) is 0.868. The molecular formula is C12H21N3S. The zero-order valence-corrected chi connectivity index (χ0v) is 11.0. The van der Waals surface area contributed by atoms with Gasteiger partial charge < -0.3 is 10.6 Å². The Labute approximate surface area is 102 Å². The molecule has 0 saturated carbocycles. The van der Waals surface area contributed by atoms with Gasteiger partial charge in [-0.3, -0.25) is 0 Å². The molecule has 1 aliphatic rings. The number of rotatable bonds is 4. The highest BCUT2D eigenvalue weighted by Gasteiger charge is 2.23. The van der Waals surface area contributed by atoms with E-state index in [2.05, 4.69) is 16.8 Å². The summed E-state index contributed by atoms with van der Waals surface area (Å²) in [6.07, 6.45) is 5.89. The van der Waals surface area contributed by atoms with E-state index in [1.54, 1.807) is 11.3 Å². The number of nitrogens with zero attached hydrogens (tertiary/aromatic N) is 2. The number of hydrogen-bond donors (Lipinski definition) is 1. The largest absolute Gasteiger partial charge is 0.348 e. The fourth-order valence-corrected chi connectivity index (χ4v) is 3.19. The molecule has 3 nitrogen and oxygen atoms in total. The van der Waals surface area contributed by atoms with Gasteiger partial charge in [-0.1, -0.05) is 13.3 Å². The fraction of sp³-hybridized carbons (Fsp3) is 0.750. The zero-order chi connectivity index (χ0) is 11.5. The molecule has 1 fully saturated rings. The second-order valence-corrected chi connectivity index (χ2v) is 5.76. The van der Waals surface area contributed by atoms with E-state index in [-0.39, 0.29) is 6.04 Å². The van der Waals surface area contributed by atoms with E-state index in [9.17, 15) is 0 Å². The van der Waals surface area contributed by atoms with Crippen LogP contribution >= 0.6 is 11.3 Å². The molecule has 1 aliphatic heterocycles. The standard InChI is InChI=1S/C12H21N3S/c1-3-4-10-5-6-15(8-10)12-14-7-11(16-12)9(2)13/h7,9-10H,3-6,8,13H2,1-2H3. The minimum absolute atomic E-state index is 0.111. The molecule has 2 N–H and O–H groups in total. The minimum atomic E-state index is 0.111. The van der Waals surface area contributed by atoms with Crippen LogP contribution < -0.4 is 10.6 Å². The molecule has 4 heteroatoms. The third-order valence-electron chi connectivity index (χ3n) is 3.21. The van der Waals surface area contributed by atoms with Crippen LogP contribution in [0.4, 0.5) is 5.13 Å². The van der Waals surface area contributed by atoms with Crippen LogP contribution in [-0.2, 0) is 0 Å². The van der Waals surface area contributed by atoms with E-state index < -0.39 is 0 Å². The highest BCUT2D eigenvalue weighted by atomic mass is 32.1. The molecule has 2 heterocycles. The molecule has 0 amide bonds. The first-order chi connectivity index (χ1) is 7.70. The lowest BCUT2D eigenvalue weighted by Crippen LogP contribution is -2.19. The Morgan fingerprint density at radius 2 is 2.50 bits per heavy atom. The lowest BCUT2D eigenvalue weighted by molar-refractivity contribution is 0.530. The molecule has 1 aromatic rings. The van der Waals surface area contributed by atoms with E-state index in [4.69, 9.17) is 5.73 Å². The summed E-state index contributed by atoms with van der Waals surface area (Å²) in [6.45, 7) is 6.62. The Bertz CT molecular complexity index is 335. The highest BCUT2D eigenvalue weighted by molar-refractivity contribution is 7.15. The maximum atomic E-state index is 5.85. The van der Waals surface area contributed by atoms with Gasteiger partial charge in [-0.2, -0.15) is 0 Å². The van der Waals surface area contributed by atoms with Crippen molar-refractivity contribution in [1.82, 2.24) is 4.98 Å². The average molecular weight is 239 g/mol. The summed E-state index contributed by atoms with van der Waals surface area (Å²) < 4.78 is 0. The van der Waals surface area contributed by atoms with Crippen molar-refractivity contribution in [2.24, 2.45) is 11.7 Å². The molecule has 16 heavy (non-hydrogen) atoms. The third kappa shape index (κ3) is 2.55. The van der Waals surface area contributed by atoms with Crippen LogP contribution in [0, 0.1) is 5.92 Å². The Kier molecular flexibility index (Phi) is 3.82. The summed E-state index contributed by atoms with van der Waals surface area (Å²) in [7, 11) is 0. The predicted octanol–water partition coefficient (Wildman–Crippen LogP) is 2.79. The van der Waals surface area contributed by atoms with E-state index in [1.807, 2.05) is 13.1 Å². The van der Waals surface area contributed by atoms with Crippen molar-refractivity contribution in [2.75, 3.05) is 18.0 Å². The molecule has 0 aliphatic carbocycles. The first-order valence-corrected chi connectivity index (χ1v) is 6.98. The summed E-state index contributed by atoms with van der Waals surface area (Å²) in [6, 6.07) is 0.111. The van der Waals surface area contributed by atoms with Crippen molar-refractivity contribution in [3.63, 3.8) is 0 Å². The number of nitrogens with two attached hydrogens (primary N) is 1. The molecule has 0 aromatic carbocycles. The van der Waals surface area contributed by atoms with Gasteiger partial charge in [0.2, 0.25) is 0 Å². The van der Waals surface area contributed by atoms with E-state index in [1.165, 1.54) is 30.7 Å². The molecule has 1 saturated heterocycles. The van der Waals surface area contributed by atoms with Crippen LogP contribution in [0.5, 0.6) is 0 Å². The Morgan fingerprint density at radius 1 is 1.69 bits per heavy atom. The second-order valence-electron chi connectivity index (χ2n) is 4.72. The van der Waals surface area contributed by atoms with E-state index in [0.717, 1.165) is 17.6 Å². The maximum Gasteiger partial charge on any atom is 0.185 e.